The van der Waals surface area contributed by atoms with Crippen LogP contribution in [-0.2, 0) is 20.9 Å². The summed E-state index contributed by atoms with van der Waals surface area (Å²) in [7, 11) is 0. The summed E-state index contributed by atoms with van der Waals surface area (Å²) in [6.07, 6.45) is 1.49. The Kier molecular flexibility index (Phi) is 9.15. The molecule has 2 atom stereocenters. The molecule has 10 heteroatoms. The van der Waals surface area contributed by atoms with Crippen LogP contribution in [0.4, 0.5) is 0 Å². The second kappa shape index (κ2) is 12.3. The fourth-order valence-electron chi connectivity index (χ4n) is 3.83. The molecule has 2 aromatic rings. The van der Waals surface area contributed by atoms with Crippen molar-refractivity contribution in [2.45, 2.75) is 58.7 Å². The topological polar surface area (TPSA) is 130 Å². The van der Waals surface area contributed by atoms with Crippen molar-refractivity contribution >= 4 is 17.7 Å². The smallest absolute Gasteiger partial charge is 0.243 e. The number of carbonyl (C=O) groups excluding carboxylic acids is 3. The summed E-state index contributed by atoms with van der Waals surface area (Å²) in [6, 6.07) is 8.31. The monoisotopic (exact) mass is 469 g/mol. The van der Waals surface area contributed by atoms with Crippen LogP contribution in [-0.4, -0.2) is 58.2 Å². The minimum atomic E-state index is -0.646. The zero-order chi connectivity index (χ0) is 24.5. The van der Waals surface area contributed by atoms with Gasteiger partial charge in [-0.1, -0.05) is 44.2 Å². The highest BCUT2D eigenvalue weighted by molar-refractivity contribution is 5.87. The summed E-state index contributed by atoms with van der Waals surface area (Å²) in [5, 5.41) is 16.5. The molecule has 0 bridgehead atoms. The maximum atomic E-state index is 13.1. The summed E-state index contributed by atoms with van der Waals surface area (Å²) >= 11 is 0. The Morgan fingerprint density at radius 3 is 2.53 bits per heavy atom. The predicted octanol–water partition coefficient (Wildman–Crippen LogP) is 1.15. The normalized spacial score (nSPS) is 21.2. The van der Waals surface area contributed by atoms with Gasteiger partial charge in [-0.25, -0.2) is 9.67 Å². The van der Waals surface area contributed by atoms with Crippen molar-refractivity contribution in [3.05, 3.63) is 36.2 Å². The molecule has 1 aliphatic rings. The first-order valence-electron chi connectivity index (χ1n) is 11.9. The van der Waals surface area contributed by atoms with Crippen molar-refractivity contribution in [1.29, 1.82) is 0 Å². The van der Waals surface area contributed by atoms with Crippen molar-refractivity contribution in [3.8, 4) is 11.4 Å². The third-order valence-electron chi connectivity index (χ3n) is 5.51. The Bertz CT molecular complexity index is 974. The number of hydrogen-bond acceptors (Lipinski definition) is 6. The third-order valence-corrected chi connectivity index (χ3v) is 5.51. The van der Waals surface area contributed by atoms with Gasteiger partial charge in [-0.2, -0.15) is 5.10 Å². The average molecular weight is 470 g/mol. The van der Waals surface area contributed by atoms with E-state index in [1.807, 2.05) is 44.2 Å². The first-order chi connectivity index (χ1) is 16.3. The van der Waals surface area contributed by atoms with Gasteiger partial charge in [0.15, 0.2) is 5.82 Å². The molecule has 1 aromatic heterocycles. The number of fused-ring (bicyclic) bond motifs is 1. The van der Waals surface area contributed by atoms with Crippen LogP contribution in [0, 0.1) is 5.92 Å². The molecule has 0 radical (unpaired) electrons. The van der Waals surface area contributed by atoms with Crippen LogP contribution in [0.25, 0.3) is 11.4 Å². The third kappa shape index (κ3) is 7.38. The lowest BCUT2D eigenvalue weighted by atomic mass is 10.0. The van der Waals surface area contributed by atoms with Crippen LogP contribution in [0.1, 0.15) is 51.9 Å². The van der Waals surface area contributed by atoms with Gasteiger partial charge in [0.25, 0.3) is 0 Å². The largest absolute Gasteiger partial charge is 0.353 e. The van der Waals surface area contributed by atoms with Gasteiger partial charge < -0.3 is 21.3 Å². The van der Waals surface area contributed by atoms with Gasteiger partial charge in [-0.3, -0.25) is 14.4 Å². The van der Waals surface area contributed by atoms with E-state index in [1.165, 1.54) is 4.68 Å². The Labute approximate surface area is 200 Å². The summed E-state index contributed by atoms with van der Waals surface area (Å²) in [5.41, 5.74) is 0.817. The van der Waals surface area contributed by atoms with E-state index in [0.29, 0.717) is 50.5 Å². The highest BCUT2D eigenvalue weighted by Crippen LogP contribution is 2.19. The van der Waals surface area contributed by atoms with Gasteiger partial charge in [-0.05, 0) is 32.2 Å². The first kappa shape index (κ1) is 25.4. The molecule has 0 fully saturated rings. The number of aromatic nitrogens is 3. The minimum Gasteiger partial charge on any atom is -0.353 e. The molecular formula is C24H35N7O3. The van der Waals surface area contributed by atoms with Gasteiger partial charge >= 0.3 is 0 Å². The zero-order valence-corrected chi connectivity index (χ0v) is 20.1. The Hall–Kier alpha value is -3.27. The Balaban J connectivity index is 1.89. The van der Waals surface area contributed by atoms with Crippen LogP contribution in [0.5, 0.6) is 0 Å². The fraction of sp³-hybridized carbons (Fsp3) is 0.542. The summed E-state index contributed by atoms with van der Waals surface area (Å²) in [4.78, 5) is 42.8. The maximum Gasteiger partial charge on any atom is 0.243 e. The van der Waals surface area contributed by atoms with Gasteiger partial charge in [0.2, 0.25) is 17.7 Å². The number of amides is 3. The molecule has 1 aromatic carbocycles. The summed E-state index contributed by atoms with van der Waals surface area (Å²) in [6.45, 7) is 7.52. The molecule has 3 rings (SSSR count). The molecule has 184 valence electrons. The van der Waals surface area contributed by atoms with Crippen molar-refractivity contribution in [3.63, 3.8) is 0 Å². The number of rotatable bonds is 3. The maximum absolute atomic E-state index is 13.1. The number of nitrogens with zero attached hydrogens (tertiary/aromatic N) is 3. The van der Waals surface area contributed by atoms with E-state index in [2.05, 4.69) is 31.3 Å². The average Bonchev–Trinajstić information content (AvgIpc) is 3.21. The highest BCUT2D eigenvalue weighted by atomic mass is 16.2. The minimum absolute atomic E-state index is 0.0124. The molecule has 34 heavy (non-hydrogen) atoms. The van der Waals surface area contributed by atoms with E-state index in [9.17, 15) is 14.4 Å². The van der Waals surface area contributed by atoms with Crippen molar-refractivity contribution in [2.24, 2.45) is 5.92 Å². The second-order valence-corrected chi connectivity index (χ2v) is 9.00. The molecule has 0 saturated carbocycles. The SMILES string of the molecule is CC(C)C[C@H]1NC(=O)CCCNCCNC(=O)Cn2nc(-c3ccccc3)nc2[C@H](C)NC1=O. The van der Waals surface area contributed by atoms with E-state index in [1.54, 1.807) is 6.92 Å². The molecular weight excluding hydrogens is 434 g/mol. The lowest BCUT2D eigenvalue weighted by molar-refractivity contribution is -0.129. The van der Waals surface area contributed by atoms with E-state index in [0.717, 1.165) is 5.56 Å². The van der Waals surface area contributed by atoms with Crippen LogP contribution in [0.3, 0.4) is 0 Å². The summed E-state index contributed by atoms with van der Waals surface area (Å²) < 4.78 is 1.53. The van der Waals surface area contributed by atoms with E-state index in [-0.39, 0.29) is 30.2 Å². The lowest BCUT2D eigenvalue weighted by Crippen LogP contribution is -2.48. The molecule has 4 N–H and O–H groups in total. The molecule has 0 spiro atoms. The predicted molar refractivity (Wildman–Crippen MR) is 129 cm³/mol. The van der Waals surface area contributed by atoms with Gasteiger partial charge in [0.1, 0.15) is 18.4 Å². The van der Waals surface area contributed by atoms with Gasteiger partial charge in [-0.15, -0.1) is 0 Å². The quantitative estimate of drug-likeness (QED) is 0.534. The molecule has 0 unspecified atom stereocenters. The number of hydrogen-bond donors (Lipinski definition) is 4. The Morgan fingerprint density at radius 1 is 1.03 bits per heavy atom. The van der Waals surface area contributed by atoms with Crippen LogP contribution < -0.4 is 21.3 Å². The highest BCUT2D eigenvalue weighted by Gasteiger charge is 2.26. The van der Waals surface area contributed by atoms with Crippen molar-refractivity contribution < 1.29 is 14.4 Å². The van der Waals surface area contributed by atoms with E-state index >= 15 is 0 Å². The number of nitrogens with one attached hydrogen (secondary N) is 4. The van der Waals surface area contributed by atoms with Crippen LogP contribution in [0.2, 0.25) is 0 Å². The molecule has 10 nitrogen and oxygen atoms in total. The lowest BCUT2D eigenvalue weighted by Gasteiger charge is -2.22. The number of benzene rings is 1. The molecule has 3 amide bonds. The fourth-order valence-corrected chi connectivity index (χ4v) is 3.83. The molecule has 0 saturated heterocycles. The van der Waals surface area contributed by atoms with E-state index < -0.39 is 12.1 Å². The van der Waals surface area contributed by atoms with Gasteiger partial charge in [0, 0.05) is 25.1 Å². The van der Waals surface area contributed by atoms with Crippen LogP contribution in [0.15, 0.2) is 30.3 Å². The molecule has 0 aliphatic carbocycles. The van der Waals surface area contributed by atoms with Crippen molar-refractivity contribution in [1.82, 2.24) is 36.0 Å². The molecule has 2 heterocycles. The van der Waals surface area contributed by atoms with Crippen molar-refractivity contribution in [2.75, 3.05) is 19.6 Å². The Morgan fingerprint density at radius 2 is 1.79 bits per heavy atom. The standard InChI is InChI=1S/C24H35N7O3/c1-16(2)14-19-24(34)27-17(3)23-29-22(18-8-5-4-6-9-18)30-31(23)15-21(33)26-13-12-25-11-7-10-20(32)28-19/h4-6,8-9,16-17,19,25H,7,10-15H2,1-3H3,(H,26,33)(H,27,34)(H,28,32)/t17-,19+/m0/s1. The molecule has 1 aliphatic heterocycles. The van der Waals surface area contributed by atoms with E-state index in [4.69, 9.17) is 0 Å². The summed E-state index contributed by atoms with van der Waals surface area (Å²) in [5.74, 6) is 0.552. The zero-order valence-electron chi connectivity index (χ0n) is 20.1. The van der Waals surface area contributed by atoms with Crippen LogP contribution >= 0.6 is 0 Å². The first-order valence-corrected chi connectivity index (χ1v) is 11.9. The number of carbonyl (C=O) groups is 3. The second-order valence-electron chi connectivity index (χ2n) is 9.00. The van der Waals surface area contributed by atoms with Gasteiger partial charge in [0.05, 0.1) is 6.04 Å².